The number of carbonyl (C=O) groups is 1. The number of aryl methyl sites for hydroxylation is 1. The van der Waals surface area contributed by atoms with Crippen molar-refractivity contribution in [3.8, 4) is 0 Å². The summed E-state index contributed by atoms with van der Waals surface area (Å²) >= 11 is 5.99. The van der Waals surface area contributed by atoms with Gasteiger partial charge < -0.3 is 9.84 Å². The molecule has 0 spiro atoms. The molecule has 0 aliphatic rings. The Bertz CT molecular complexity index is 336. The van der Waals surface area contributed by atoms with Gasteiger partial charge in [0.15, 0.2) is 5.69 Å². The van der Waals surface area contributed by atoms with E-state index in [0.717, 1.165) is 0 Å². The Hall–Kier alpha value is -1.03. The molecular weight excluding hydrogens is 216 g/mol. The number of aromatic nitrogens is 1. The van der Waals surface area contributed by atoms with Crippen LogP contribution in [0.2, 0.25) is 0 Å². The highest BCUT2D eigenvalue weighted by Gasteiger charge is 2.14. The van der Waals surface area contributed by atoms with Gasteiger partial charge >= 0.3 is 0 Å². The van der Waals surface area contributed by atoms with Crippen LogP contribution in [0.4, 0.5) is 0 Å². The lowest BCUT2D eigenvalue weighted by Gasteiger charge is -2.13. The normalized spacial score (nSPS) is 12.9. The van der Waals surface area contributed by atoms with Gasteiger partial charge in [-0.3, -0.25) is 4.79 Å². The monoisotopic (exact) mass is 230 g/mol. The number of carbonyl (C=O) groups excluding carboxylic acids is 1. The summed E-state index contributed by atoms with van der Waals surface area (Å²) in [4.78, 5) is 11.5. The maximum atomic E-state index is 11.5. The van der Waals surface area contributed by atoms with E-state index in [4.69, 9.17) is 16.1 Å². The van der Waals surface area contributed by atoms with Crippen molar-refractivity contribution in [1.29, 1.82) is 0 Å². The first-order valence-corrected chi connectivity index (χ1v) is 5.30. The molecule has 15 heavy (non-hydrogen) atoms. The Balaban J connectivity index is 2.43. The first-order chi connectivity index (χ1) is 7.00. The topological polar surface area (TPSA) is 55.1 Å². The van der Waals surface area contributed by atoms with Gasteiger partial charge in [0.1, 0.15) is 5.76 Å². The quantitative estimate of drug-likeness (QED) is 0.805. The molecule has 0 fully saturated rings. The number of rotatable bonds is 4. The van der Waals surface area contributed by atoms with Gasteiger partial charge in [-0.1, -0.05) is 19.0 Å². The predicted molar refractivity (Wildman–Crippen MR) is 58.1 cm³/mol. The van der Waals surface area contributed by atoms with E-state index in [1.807, 2.05) is 13.8 Å². The summed E-state index contributed by atoms with van der Waals surface area (Å²) in [6.45, 7) is 6.18. The molecule has 1 atom stereocenters. The van der Waals surface area contributed by atoms with Gasteiger partial charge in [-0.05, 0) is 12.8 Å². The molecule has 1 aromatic heterocycles. The highest BCUT2D eigenvalue weighted by atomic mass is 35.5. The third kappa shape index (κ3) is 3.55. The summed E-state index contributed by atoms with van der Waals surface area (Å²) in [5.74, 6) is 0.690. The largest absolute Gasteiger partial charge is 0.361 e. The van der Waals surface area contributed by atoms with Crippen LogP contribution in [0.5, 0.6) is 0 Å². The number of halogens is 1. The molecule has 0 saturated carbocycles. The number of amides is 1. The van der Waals surface area contributed by atoms with E-state index in [2.05, 4.69) is 10.5 Å². The highest BCUT2D eigenvalue weighted by molar-refractivity contribution is 6.21. The zero-order chi connectivity index (χ0) is 11.4. The maximum Gasteiger partial charge on any atom is 0.273 e. The third-order valence-electron chi connectivity index (χ3n) is 2.04. The average Bonchev–Trinajstić information content (AvgIpc) is 2.60. The number of hydrogen-bond acceptors (Lipinski definition) is 3. The average molecular weight is 231 g/mol. The lowest BCUT2D eigenvalue weighted by Crippen LogP contribution is -2.32. The summed E-state index contributed by atoms with van der Waals surface area (Å²) in [7, 11) is 0. The van der Waals surface area contributed by atoms with Crippen molar-refractivity contribution in [2.24, 2.45) is 5.92 Å². The minimum absolute atomic E-state index is 0.0676. The summed E-state index contributed by atoms with van der Waals surface area (Å²) in [6.07, 6.45) is 0. The van der Waals surface area contributed by atoms with Crippen LogP contribution in [0.3, 0.4) is 0 Å². The van der Waals surface area contributed by atoms with Gasteiger partial charge in [0.25, 0.3) is 5.91 Å². The number of nitrogens with zero attached hydrogens (tertiary/aromatic N) is 1. The molecule has 1 amide bonds. The van der Waals surface area contributed by atoms with E-state index in [1.165, 1.54) is 0 Å². The van der Waals surface area contributed by atoms with E-state index in [1.54, 1.807) is 13.0 Å². The smallest absolute Gasteiger partial charge is 0.273 e. The van der Waals surface area contributed by atoms with Crippen LogP contribution < -0.4 is 5.32 Å². The first-order valence-electron chi connectivity index (χ1n) is 4.86. The molecule has 0 radical (unpaired) electrons. The zero-order valence-electron chi connectivity index (χ0n) is 9.08. The second kappa shape index (κ2) is 5.16. The fourth-order valence-electron chi connectivity index (χ4n) is 0.990. The molecule has 0 aliphatic carbocycles. The molecule has 5 heteroatoms. The van der Waals surface area contributed by atoms with Crippen LogP contribution in [0, 0.1) is 12.8 Å². The molecule has 1 rings (SSSR count). The predicted octanol–water partition coefficient (Wildman–Crippen LogP) is 1.98. The van der Waals surface area contributed by atoms with E-state index in [9.17, 15) is 4.79 Å². The Morgan fingerprint density at radius 3 is 2.80 bits per heavy atom. The van der Waals surface area contributed by atoms with Crippen LogP contribution in [0.1, 0.15) is 30.1 Å². The van der Waals surface area contributed by atoms with Gasteiger partial charge in [0.2, 0.25) is 0 Å². The second-order valence-corrected chi connectivity index (χ2v) is 4.35. The molecule has 1 N–H and O–H groups in total. The van der Waals surface area contributed by atoms with Gasteiger partial charge in [0, 0.05) is 12.6 Å². The van der Waals surface area contributed by atoms with E-state index in [-0.39, 0.29) is 11.3 Å². The van der Waals surface area contributed by atoms with Crippen molar-refractivity contribution in [2.45, 2.75) is 26.1 Å². The standard InChI is InChI=1S/C10H15ClN2O2/c1-6(2)8(11)5-12-10(14)9-4-7(3)15-13-9/h4,6,8H,5H2,1-3H3,(H,12,14). The Morgan fingerprint density at radius 1 is 1.67 bits per heavy atom. The molecule has 1 aromatic rings. The van der Waals surface area contributed by atoms with E-state index < -0.39 is 0 Å². The fourth-order valence-corrected chi connectivity index (χ4v) is 1.07. The van der Waals surface area contributed by atoms with Crippen molar-refractivity contribution < 1.29 is 9.32 Å². The Kier molecular flexibility index (Phi) is 4.15. The molecular formula is C10H15ClN2O2. The highest BCUT2D eigenvalue weighted by Crippen LogP contribution is 2.08. The van der Waals surface area contributed by atoms with Crippen molar-refractivity contribution in [3.05, 3.63) is 17.5 Å². The van der Waals surface area contributed by atoms with Gasteiger partial charge in [-0.25, -0.2) is 0 Å². The van der Waals surface area contributed by atoms with Crippen molar-refractivity contribution in [3.63, 3.8) is 0 Å². The Morgan fingerprint density at radius 2 is 2.33 bits per heavy atom. The molecule has 0 aliphatic heterocycles. The second-order valence-electron chi connectivity index (χ2n) is 3.79. The SMILES string of the molecule is Cc1cc(C(=O)NCC(Cl)C(C)C)no1. The Labute approximate surface area is 94.0 Å². The molecule has 1 unspecified atom stereocenters. The van der Waals surface area contributed by atoms with Crippen LogP contribution >= 0.6 is 11.6 Å². The molecule has 4 nitrogen and oxygen atoms in total. The molecule has 0 saturated heterocycles. The van der Waals surface area contributed by atoms with E-state index in [0.29, 0.717) is 23.9 Å². The van der Waals surface area contributed by atoms with Crippen LogP contribution in [-0.4, -0.2) is 23.0 Å². The minimum Gasteiger partial charge on any atom is -0.361 e. The van der Waals surface area contributed by atoms with Crippen molar-refractivity contribution in [2.75, 3.05) is 6.54 Å². The van der Waals surface area contributed by atoms with E-state index >= 15 is 0 Å². The minimum atomic E-state index is -0.252. The van der Waals surface area contributed by atoms with Crippen LogP contribution in [-0.2, 0) is 0 Å². The zero-order valence-corrected chi connectivity index (χ0v) is 9.84. The van der Waals surface area contributed by atoms with Crippen molar-refractivity contribution >= 4 is 17.5 Å². The third-order valence-corrected chi connectivity index (χ3v) is 2.70. The maximum absolute atomic E-state index is 11.5. The summed E-state index contributed by atoms with van der Waals surface area (Å²) in [5.41, 5.74) is 0.292. The molecule has 0 aromatic carbocycles. The number of hydrogen-bond donors (Lipinski definition) is 1. The van der Waals surface area contributed by atoms with Crippen LogP contribution in [0.25, 0.3) is 0 Å². The molecule has 0 bridgehead atoms. The number of nitrogens with one attached hydrogen (secondary N) is 1. The summed E-state index contributed by atoms with van der Waals surface area (Å²) in [6, 6.07) is 1.59. The lowest BCUT2D eigenvalue weighted by molar-refractivity contribution is 0.0943. The lowest BCUT2D eigenvalue weighted by atomic mass is 10.1. The number of alkyl halides is 1. The van der Waals surface area contributed by atoms with Gasteiger partial charge in [-0.15, -0.1) is 11.6 Å². The van der Waals surface area contributed by atoms with Gasteiger partial charge in [0.05, 0.1) is 5.38 Å². The summed E-state index contributed by atoms with van der Waals surface area (Å²) < 4.78 is 4.80. The first kappa shape index (κ1) is 12.0. The molecule has 1 heterocycles. The van der Waals surface area contributed by atoms with Gasteiger partial charge in [-0.2, -0.15) is 0 Å². The van der Waals surface area contributed by atoms with Crippen LogP contribution in [0.15, 0.2) is 10.6 Å². The summed E-state index contributed by atoms with van der Waals surface area (Å²) in [5, 5.41) is 6.24. The van der Waals surface area contributed by atoms with Crippen molar-refractivity contribution in [1.82, 2.24) is 10.5 Å². The fraction of sp³-hybridized carbons (Fsp3) is 0.600. The molecule has 84 valence electrons.